The van der Waals surface area contributed by atoms with Crippen LogP contribution in [0.15, 0.2) is 61.2 Å². The predicted octanol–water partition coefficient (Wildman–Crippen LogP) is 2.61. The summed E-state index contributed by atoms with van der Waals surface area (Å²) in [7, 11) is 1.85. The fourth-order valence-electron chi connectivity index (χ4n) is 3.36. The van der Waals surface area contributed by atoms with Gasteiger partial charge in [0.15, 0.2) is 0 Å². The minimum absolute atomic E-state index is 0.0272. The summed E-state index contributed by atoms with van der Waals surface area (Å²) in [4.78, 5) is 30.8. The first-order chi connectivity index (χ1) is 15.1. The molecule has 1 aromatic carbocycles. The zero-order chi connectivity index (χ0) is 21.6. The van der Waals surface area contributed by atoms with E-state index < -0.39 is 0 Å². The number of amides is 2. The number of carbonyl (C=O) groups excluding carboxylic acids is 2. The van der Waals surface area contributed by atoms with Crippen molar-refractivity contribution in [2.75, 3.05) is 31.6 Å². The van der Waals surface area contributed by atoms with Gasteiger partial charge in [-0.05, 0) is 42.0 Å². The summed E-state index contributed by atoms with van der Waals surface area (Å²) in [5, 5.41) is 7.01. The SMILES string of the molecule is Cn1cc(-c2ccncc2/C=C/C(=O)Nc2ccc(C(=O)N3CCOCC3)cc2)cn1. The largest absolute Gasteiger partial charge is 0.378 e. The highest BCUT2D eigenvalue weighted by atomic mass is 16.5. The number of anilines is 1. The Morgan fingerprint density at radius 1 is 1.10 bits per heavy atom. The molecule has 1 fully saturated rings. The molecule has 31 heavy (non-hydrogen) atoms. The van der Waals surface area contributed by atoms with E-state index in [1.807, 2.05) is 19.3 Å². The molecule has 0 saturated carbocycles. The van der Waals surface area contributed by atoms with Crippen molar-refractivity contribution in [2.24, 2.45) is 7.05 Å². The Morgan fingerprint density at radius 2 is 1.87 bits per heavy atom. The summed E-state index contributed by atoms with van der Waals surface area (Å²) in [5.74, 6) is -0.297. The van der Waals surface area contributed by atoms with Gasteiger partial charge in [-0.3, -0.25) is 19.3 Å². The van der Waals surface area contributed by atoms with Crippen molar-refractivity contribution in [3.8, 4) is 11.1 Å². The van der Waals surface area contributed by atoms with Gasteiger partial charge in [-0.25, -0.2) is 0 Å². The van der Waals surface area contributed by atoms with Crippen LogP contribution in [0.4, 0.5) is 5.69 Å². The second kappa shape index (κ2) is 9.36. The molecule has 1 N–H and O–H groups in total. The zero-order valence-electron chi connectivity index (χ0n) is 17.2. The lowest BCUT2D eigenvalue weighted by Gasteiger charge is -2.26. The lowest BCUT2D eigenvalue weighted by atomic mass is 10.0. The maximum absolute atomic E-state index is 12.5. The minimum Gasteiger partial charge on any atom is -0.378 e. The summed E-state index contributed by atoms with van der Waals surface area (Å²) in [5.41, 5.74) is 3.92. The highest BCUT2D eigenvalue weighted by Gasteiger charge is 2.18. The highest BCUT2D eigenvalue weighted by molar-refractivity contribution is 6.03. The Balaban J connectivity index is 1.40. The van der Waals surface area contributed by atoms with Crippen LogP contribution in [-0.4, -0.2) is 57.8 Å². The molecule has 0 unspecified atom stereocenters. The summed E-state index contributed by atoms with van der Waals surface area (Å²) in [6, 6.07) is 8.78. The fourth-order valence-corrected chi connectivity index (χ4v) is 3.36. The molecule has 8 nitrogen and oxygen atoms in total. The molecule has 1 saturated heterocycles. The van der Waals surface area contributed by atoms with Crippen molar-refractivity contribution < 1.29 is 14.3 Å². The van der Waals surface area contributed by atoms with Crippen LogP contribution in [0.2, 0.25) is 0 Å². The number of benzene rings is 1. The average Bonchev–Trinajstić information content (AvgIpc) is 3.24. The van der Waals surface area contributed by atoms with Crippen LogP contribution in [0.3, 0.4) is 0 Å². The lowest BCUT2D eigenvalue weighted by molar-refractivity contribution is -0.111. The van der Waals surface area contributed by atoms with Crippen LogP contribution in [0, 0.1) is 0 Å². The standard InChI is InChI=1S/C23H23N5O3/c1-27-16-19(15-25-27)21-8-9-24-14-18(21)4-7-22(29)26-20-5-2-17(3-6-20)23(30)28-10-12-31-13-11-28/h2-9,14-16H,10-13H2,1H3,(H,26,29)/b7-4+. The van der Waals surface area contributed by atoms with Gasteiger partial charge in [0.25, 0.3) is 5.91 Å². The summed E-state index contributed by atoms with van der Waals surface area (Å²) >= 11 is 0. The third-order valence-corrected chi connectivity index (χ3v) is 4.98. The number of carbonyl (C=O) groups is 2. The van der Waals surface area contributed by atoms with E-state index in [4.69, 9.17) is 4.74 Å². The third-order valence-electron chi connectivity index (χ3n) is 4.98. The van der Waals surface area contributed by atoms with Gasteiger partial charge in [-0.1, -0.05) is 0 Å². The van der Waals surface area contributed by atoms with E-state index in [0.717, 1.165) is 16.7 Å². The molecule has 8 heteroatoms. The second-order valence-electron chi connectivity index (χ2n) is 7.17. The number of nitrogens with one attached hydrogen (secondary N) is 1. The number of morpholine rings is 1. The molecule has 0 bridgehead atoms. The molecule has 2 amide bonds. The van der Waals surface area contributed by atoms with Crippen LogP contribution in [0.1, 0.15) is 15.9 Å². The van der Waals surface area contributed by atoms with E-state index in [0.29, 0.717) is 37.6 Å². The highest BCUT2D eigenvalue weighted by Crippen LogP contribution is 2.23. The Kier molecular flexibility index (Phi) is 6.18. The molecule has 0 spiro atoms. The lowest BCUT2D eigenvalue weighted by Crippen LogP contribution is -2.40. The van der Waals surface area contributed by atoms with E-state index in [1.54, 1.807) is 58.5 Å². The fraction of sp³-hybridized carbons (Fsp3) is 0.217. The van der Waals surface area contributed by atoms with Crippen molar-refractivity contribution in [2.45, 2.75) is 0 Å². The molecule has 2 aromatic heterocycles. The Hall–Kier alpha value is -3.78. The summed E-state index contributed by atoms with van der Waals surface area (Å²) in [6.07, 6.45) is 10.3. The molecule has 1 aliphatic rings. The topological polar surface area (TPSA) is 89.4 Å². The minimum atomic E-state index is -0.270. The number of pyridine rings is 1. The molecule has 3 aromatic rings. The van der Waals surface area contributed by atoms with Gasteiger partial charge in [0.2, 0.25) is 5.91 Å². The number of aryl methyl sites for hydroxylation is 1. The number of ether oxygens (including phenoxy) is 1. The smallest absolute Gasteiger partial charge is 0.254 e. The van der Waals surface area contributed by atoms with Gasteiger partial charge in [0.1, 0.15) is 0 Å². The first-order valence-electron chi connectivity index (χ1n) is 9.99. The molecule has 4 rings (SSSR count). The maximum atomic E-state index is 12.5. The first-order valence-corrected chi connectivity index (χ1v) is 9.99. The zero-order valence-corrected chi connectivity index (χ0v) is 17.2. The van der Waals surface area contributed by atoms with Gasteiger partial charge in [-0.15, -0.1) is 0 Å². The van der Waals surface area contributed by atoms with Crippen molar-refractivity contribution >= 4 is 23.6 Å². The van der Waals surface area contributed by atoms with Crippen LogP contribution >= 0.6 is 0 Å². The Morgan fingerprint density at radius 3 is 2.58 bits per heavy atom. The van der Waals surface area contributed by atoms with E-state index in [9.17, 15) is 9.59 Å². The van der Waals surface area contributed by atoms with Crippen LogP contribution in [0.25, 0.3) is 17.2 Å². The maximum Gasteiger partial charge on any atom is 0.254 e. The summed E-state index contributed by atoms with van der Waals surface area (Å²) < 4.78 is 7.01. The van der Waals surface area contributed by atoms with Crippen molar-refractivity contribution in [1.82, 2.24) is 19.7 Å². The van der Waals surface area contributed by atoms with E-state index in [2.05, 4.69) is 15.4 Å². The predicted molar refractivity (Wildman–Crippen MR) is 117 cm³/mol. The van der Waals surface area contributed by atoms with Crippen molar-refractivity contribution in [3.63, 3.8) is 0 Å². The average molecular weight is 417 g/mol. The molecule has 1 aliphatic heterocycles. The third kappa shape index (κ3) is 5.04. The van der Waals surface area contributed by atoms with Gasteiger partial charge < -0.3 is 15.0 Å². The number of aromatic nitrogens is 3. The Bertz CT molecular complexity index is 1100. The van der Waals surface area contributed by atoms with Crippen LogP contribution < -0.4 is 5.32 Å². The van der Waals surface area contributed by atoms with Crippen molar-refractivity contribution in [1.29, 1.82) is 0 Å². The number of nitrogens with zero attached hydrogens (tertiary/aromatic N) is 4. The first kappa shape index (κ1) is 20.5. The molecule has 158 valence electrons. The van der Waals surface area contributed by atoms with Gasteiger partial charge >= 0.3 is 0 Å². The van der Waals surface area contributed by atoms with Crippen LogP contribution in [0.5, 0.6) is 0 Å². The quantitative estimate of drug-likeness (QED) is 0.645. The molecule has 0 aliphatic carbocycles. The van der Waals surface area contributed by atoms with E-state index in [-0.39, 0.29) is 11.8 Å². The van der Waals surface area contributed by atoms with Gasteiger partial charge in [-0.2, -0.15) is 5.10 Å². The summed E-state index contributed by atoms with van der Waals surface area (Å²) in [6.45, 7) is 2.31. The van der Waals surface area contributed by atoms with E-state index >= 15 is 0 Å². The Labute approximate surface area is 180 Å². The monoisotopic (exact) mass is 417 g/mol. The van der Waals surface area contributed by atoms with Crippen molar-refractivity contribution in [3.05, 3.63) is 72.3 Å². The van der Waals surface area contributed by atoms with E-state index in [1.165, 1.54) is 6.08 Å². The second-order valence-corrected chi connectivity index (χ2v) is 7.17. The molecular weight excluding hydrogens is 394 g/mol. The molecular formula is C23H23N5O3. The number of hydrogen-bond donors (Lipinski definition) is 1. The van der Waals surface area contributed by atoms with Gasteiger partial charge in [0.05, 0.1) is 19.4 Å². The molecule has 0 atom stereocenters. The normalized spacial score (nSPS) is 14.0. The molecule has 3 heterocycles. The van der Waals surface area contributed by atoms with Gasteiger partial charge in [0, 0.05) is 67.2 Å². The number of rotatable bonds is 5. The molecule has 0 radical (unpaired) electrons. The number of hydrogen-bond acceptors (Lipinski definition) is 5. The van der Waals surface area contributed by atoms with Crippen LogP contribution in [-0.2, 0) is 16.6 Å².